The number of amides is 1. The molecule has 0 radical (unpaired) electrons. The van der Waals surface area contributed by atoms with Crippen LogP contribution >= 0.6 is 12.4 Å². The third kappa shape index (κ3) is 4.32. The van der Waals surface area contributed by atoms with Gasteiger partial charge in [0.15, 0.2) is 11.7 Å². The Morgan fingerprint density at radius 1 is 1.27 bits per heavy atom. The summed E-state index contributed by atoms with van der Waals surface area (Å²) in [6.45, 7) is 7.61. The van der Waals surface area contributed by atoms with E-state index in [1.54, 1.807) is 13.1 Å². The minimum Gasteiger partial charge on any atom is -0.441 e. The number of oxazole rings is 1. The Bertz CT molecular complexity index is 630. The zero-order valence-electron chi connectivity index (χ0n) is 13.2. The SMILES string of the molecule is Cc1ncc(-c2ccc(NC(=O)[C@@H](N)C(C)(C)C)cc2)o1.Cl. The second kappa shape index (κ2) is 6.94. The molecule has 1 amide bonds. The van der Waals surface area contributed by atoms with Gasteiger partial charge >= 0.3 is 0 Å². The van der Waals surface area contributed by atoms with E-state index in [2.05, 4.69) is 10.3 Å². The number of carbonyl (C=O) groups excluding carboxylic acids is 1. The number of carbonyl (C=O) groups is 1. The Balaban J connectivity index is 0.00000242. The van der Waals surface area contributed by atoms with Crippen LogP contribution < -0.4 is 11.1 Å². The molecule has 2 aromatic rings. The summed E-state index contributed by atoms with van der Waals surface area (Å²) in [7, 11) is 0. The van der Waals surface area contributed by atoms with Gasteiger partial charge in [-0.1, -0.05) is 20.8 Å². The van der Waals surface area contributed by atoms with Crippen molar-refractivity contribution in [2.24, 2.45) is 11.1 Å². The van der Waals surface area contributed by atoms with Gasteiger partial charge in [-0.05, 0) is 29.7 Å². The quantitative estimate of drug-likeness (QED) is 0.907. The predicted octanol–water partition coefficient (Wildman–Crippen LogP) is 3.38. The van der Waals surface area contributed by atoms with Gasteiger partial charge < -0.3 is 15.5 Å². The Morgan fingerprint density at radius 3 is 2.32 bits per heavy atom. The Hall–Kier alpha value is -1.85. The molecule has 3 N–H and O–H groups in total. The lowest BCUT2D eigenvalue weighted by molar-refractivity contribution is -0.119. The molecule has 0 saturated heterocycles. The van der Waals surface area contributed by atoms with Crippen molar-refractivity contribution in [1.82, 2.24) is 4.98 Å². The van der Waals surface area contributed by atoms with Crippen LogP contribution in [0.15, 0.2) is 34.9 Å². The van der Waals surface area contributed by atoms with Crippen LogP contribution in [0, 0.1) is 12.3 Å². The number of rotatable bonds is 3. The first-order chi connectivity index (χ1) is 9.77. The molecule has 120 valence electrons. The number of nitrogens with zero attached hydrogens (tertiary/aromatic N) is 1. The summed E-state index contributed by atoms with van der Waals surface area (Å²) in [5, 5.41) is 2.82. The first kappa shape index (κ1) is 18.2. The number of nitrogens with one attached hydrogen (secondary N) is 1. The second-order valence-electron chi connectivity index (χ2n) is 6.15. The van der Waals surface area contributed by atoms with Gasteiger partial charge in [0, 0.05) is 18.2 Å². The standard InChI is InChI=1S/C16H21N3O2.ClH/c1-10-18-9-13(21-10)11-5-7-12(8-6-11)19-15(20)14(17)16(2,3)4;/h5-9,14H,17H2,1-4H3,(H,19,20);1H/t14-;/m1./s1. The van der Waals surface area contributed by atoms with E-state index in [4.69, 9.17) is 10.2 Å². The van der Waals surface area contributed by atoms with Crippen molar-refractivity contribution in [1.29, 1.82) is 0 Å². The van der Waals surface area contributed by atoms with E-state index in [0.29, 0.717) is 17.3 Å². The van der Waals surface area contributed by atoms with Gasteiger partial charge in [0.1, 0.15) is 0 Å². The van der Waals surface area contributed by atoms with Gasteiger partial charge in [-0.25, -0.2) is 4.98 Å². The molecule has 1 atom stereocenters. The summed E-state index contributed by atoms with van der Waals surface area (Å²) in [6.07, 6.45) is 1.68. The molecule has 2 rings (SSSR count). The smallest absolute Gasteiger partial charge is 0.241 e. The van der Waals surface area contributed by atoms with Gasteiger partial charge in [0.05, 0.1) is 12.2 Å². The fraction of sp³-hybridized carbons (Fsp3) is 0.375. The molecule has 0 spiro atoms. The molecule has 0 aliphatic carbocycles. The van der Waals surface area contributed by atoms with Crippen LogP contribution in [0.2, 0.25) is 0 Å². The summed E-state index contributed by atoms with van der Waals surface area (Å²) in [5.41, 5.74) is 7.27. The number of aryl methyl sites for hydroxylation is 1. The maximum atomic E-state index is 12.1. The van der Waals surface area contributed by atoms with Crippen LogP contribution in [0.3, 0.4) is 0 Å². The molecular formula is C16H22ClN3O2. The highest BCUT2D eigenvalue weighted by Gasteiger charge is 2.27. The summed E-state index contributed by atoms with van der Waals surface area (Å²) in [4.78, 5) is 16.1. The van der Waals surface area contributed by atoms with E-state index < -0.39 is 6.04 Å². The number of aromatic nitrogens is 1. The molecule has 22 heavy (non-hydrogen) atoms. The average molecular weight is 324 g/mol. The monoisotopic (exact) mass is 323 g/mol. The molecule has 1 aromatic heterocycles. The highest BCUT2D eigenvalue weighted by Crippen LogP contribution is 2.23. The van der Waals surface area contributed by atoms with E-state index in [-0.39, 0.29) is 23.7 Å². The molecule has 0 bridgehead atoms. The molecule has 6 heteroatoms. The van der Waals surface area contributed by atoms with E-state index in [9.17, 15) is 4.79 Å². The van der Waals surface area contributed by atoms with Crippen LogP contribution in [-0.4, -0.2) is 16.9 Å². The maximum absolute atomic E-state index is 12.1. The predicted molar refractivity (Wildman–Crippen MR) is 90.0 cm³/mol. The minimum absolute atomic E-state index is 0. The molecule has 5 nitrogen and oxygen atoms in total. The molecule has 0 unspecified atom stereocenters. The Morgan fingerprint density at radius 2 is 1.86 bits per heavy atom. The number of halogens is 1. The zero-order chi connectivity index (χ0) is 15.6. The fourth-order valence-corrected chi connectivity index (χ4v) is 1.83. The highest BCUT2D eigenvalue weighted by molar-refractivity contribution is 5.95. The number of nitrogens with two attached hydrogens (primary N) is 1. The van der Waals surface area contributed by atoms with Crippen molar-refractivity contribution in [3.05, 3.63) is 36.4 Å². The van der Waals surface area contributed by atoms with E-state index in [0.717, 1.165) is 5.56 Å². The fourth-order valence-electron chi connectivity index (χ4n) is 1.83. The van der Waals surface area contributed by atoms with E-state index in [1.165, 1.54) is 0 Å². The van der Waals surface area contributed by atoms with Crippen molar-refractivity contribution in [2.45, 2.75) is 33.7 Å². The highest BCUT2D eigenvalue weighted by atomic mass is 35.5. The number of anilines is 1. The lowest BCUT2D eigenvalue weighted by Crippen LogP contribution is -2.45. The largest absolute Gasteiger partial charge is 0.441 e. The van der Waals surface area contributed by atoms with Crippen LogP contribution in [0.1, 0.15) is 26.7 Å². The van der Waals surface area contributed by atoms with Crippen molar-refractivity contribution in [3.8, 4) is 11.3 Å². The van der Waals surface area contributed by atoms with Crippen LogP contribution in [0.25, 0.3) is 11.3 Å². The first-order valence-corrected chi connectivity index (χ1v) is 6.86. The van der Waals surface area contributed by atoms with Crippen LogP contribution in [-0.2, 0) is 4.79 Å². The Labute approximate surface area is 136 Å². The van der Waals surface area contributed by atoms with Crippen molar-refractivity contribution in [3.63, 3.8) is 0 Å². The van der Waals surface area contributed by atoms with Crippen LogP contribution in [0.5, 0.6) is 0 Å². The van der Waals surface area contributed by atoms with Crippen LogP contribution in [0.4, 0.5) is 5.69 Å². The van der Waals surface area contributed by atoms with Crippen molar-refractivity contribution >= 4 is 24.0 Å². The van der Waals surface area contributed by atoms with Gasteiger partial charge in [-0.2, -0.15) is 0 Å². The summed E-state index contributed by atoms with van der Waals surface area (Å²) >= 11 is 0. The second-order valence-corrected chi connectivity index (χ2v) is 6.15. The molecule has 1 aromatic carbocycles. The minimum atomic E-state index is -0.561. The van der Waals surface area contributed by atoms with Crippen molar-refractivity contribution < 1.29 is 9.21 Å². The van der Waals surface area contributed by atoms with E-state index in [1.807, 2.05) is 45.0 Å². The average Bonchev–Trinajstić information content (AvgIpc) is 2.84. The topological polar surface area (TPSA) is 81.2 Å². The summed E-state index contributed by atoms with van der Waals surface area (Å²) in [6, 6.07) is 6.83. The third-order valence-electron chi connectivity index (χ3n) is 3.27. The van der Waals surface area contributed by atoms with Gasteiger partial charge in [-0.3, -0.25) is 4.79 Å². The summed E-state index contributed by atoms with van der Waals surface area (Å²) < 4.78 is 5.45. The molecule has 0 fully saturated rings. The maximum Gasteiger partial charge on any atom is 0.241 e. The third-order valence-corrected chi connectivity index (χ3v) is 3.27. The van der Waals surface area contributed by atoms with Gasteiger partial charge in [0.25, 0.3) is 0 Å². The number of hydrogen-bond acceptors (Lipinski definition) is 4. The number of benzene rings is 1. The zero-order valence-corrected chi connectivity index (χ0v) is 14.0. The van der Waals surface area contributed by atoms with Crippen molar-refractivity contribution in [2.75, 3.05) is 5.32 Å². The van der Waals surface area contributed by atoms with Gasteiger partial charge in [0.2, 0.25) is 5.91 Å². The normalized spacial score (nSPS) is 12.4. The molecular weight excluding hydrogens is 302 g/mol. The molecule has 1 heterocycles. The van der Waals surface area contributed by atoms with E-state index >= 15 is 0 Å². The molecule has 0 saturated carbocycles. The summed E-state index contributed by atoms with van der Waals surface area (Å²) in [5.74, 6) is 1.14. The lowest BCUT2D eigenvalue weighted by Gasteiger charge is -2.25. The molecule has 0 aliphatic heterocycles. The molecule has 0 aliphatic rings. The van der Waals surface area contributed by atoms with Gasteiger partial charge in [-0.15, -0.1) is 12.4 Å². The number of hydrogen-bond donors (Lipinski definition) is 2. The first-order valence-electron chi connectivity index (χ1n) is 6.86. The lowest BCUT2D eigenvalue weighted by atomic mass is 9.87. The Kier molecular flexibility index (Phi) is 5.74.